The molecule has 3 atom stereocenters. The summed E-state index contributed by atoms with van der Waals surface area (Å²) < 4.78 is 0.695. The monoisotopic (exact) mass is 627 g/mol. The van der Waals surface area contributed by atoms with Crippen molar-refractivity contribution in [3.8, 4) is 5.75 Å². The molecule has 2 aliphatic rings. The molecule has 13 nitrogen and oxygen atoms in total. The van der Waals surface area contributed by atoms with E-state index in [-0.39, 0.29) is 22.7 Å². The van der Waals surface area contributed by atoms with Crippen LogP contribution in [0.4, 0.5) is 11.4 Å². The predicted molar refractivity (Wildman–Crippen MR) is 159 cm³/mol. The highest BCUT2D eigenvalue weighted by Gasteiger charge is 2.54. The number of nitrogen functional groups attached to an aromatic ring is 2. The maximum Gasteiger partial charge on any atom is 0.352 e. The van der Waals surface area contributed by atoms with Gasteiger partial charge in [-0.1, -0.05) is 35.2 Å². The van der Waals surface area contributed by atoms with Gasteiger partial charge in [0.25, 0.3) is 11.8 Å². The number of nitrogens with two attached hydrogens (primary N) is 2. The summed E-state index contributed by atoms with van der Waals surface area (Å²) in [6.07, 6.45) is 0. The van der Waals surface area contributed by atoms with Crippen molar-refractivity contribution in [2.24, 2.45) is 0 Å². The fourth-order valence-electron chi connectivity index (χ4n) is 4.41. The second kappa shape index (κ2) is 11.9. The number of aromatic nitrogens is 2. The van der Waals surface area contributed by atoms with Gasteiger partial charge in [0.1, 0.15) is 33.9 Å². The van der Waals surface area contributed by atoms with E-state index in [0.29, 0.717) is 32.7 Å². The van der Waals surface area contributed by atoms with Crippen LogP contribution in [0.1, 0.15) is 27.0 Å². The molecule has 0 radical (unpaired) electrons. The quantitative estimate of drug-likeness (QED) is 0.114. The van der Waals surface area contributed by atoms with Gasteiger partial charge in [0.15, 0.2) is 4.34 Å². The van der Waals surface area contributed by atoms with Crippen molar-refractivity contribution in [1.82, 2.24) is 25.7 Å². The molecule has 2 unspecified atom stereocenters. The average molecular weight is 628 g/mol. The molecular weight excluding hydrogens is 603 g/mol. The molecule has 2 aliphatic heterocycles. The standard InChI is InChI=1S/C26H25N7O6S3/c1-11-31-32-26(42-11)41-10-14-9-40-24-19(23(37)33(24)20(14)25(38)39)30-22(36)18(12-2-5-15(34)6-3-12)29-21(35)13-4-7-16(27)17(28)8-13/h2-8,18-19,24,34H,9-10,27-28H2,1H3,(H,29,35)(H,30,36)(H,38,39)/t18?,19?,24-/m0/s1. The van der Waals surface area contributed by atoms with Crippen molar-refractivity contribution in [3.05, 3.63) is 69.9 Å². The lowest BCUT2D eigenvalue weighted by Gasteiger charge is -2.49. The van der Waals surface area contributed by atoms with Crippen LogP contribution in [0.2, 0.25) is 0 Å². The number of phenolic OH excluding ortho intramolecular Hbond substituents is 1. The van der Waals surface area contributed by atoms with E-state index < -0.39 is 41.1 Å². The molecule has 3 amide bonds. The van der Waals surface area contributed by atoms with Crippen molar-refractivity contribution < 1.29 is 29.4 Å². The van der Waals surface area contributed by atoms with E-state index in [0.717, 1.165) is 5.01 Å². The Kier molecular flexibility index (Phi) is 8.29. The van der Waals surface area contributed by atoms with Crippen LogP contribution in [-0.2, 0) is 14.4 Å². The van der Waals surface area contributed by atoms with Crippen LogP contribution in [0.25, 0.3) is 0 Å². The summed E-state index contributed by atoms with van der Waals surface area (Å²) in [4.78, 5) is 53.2. The Labute approximate surface area is 251 Å². The summed E-state index contributed by atoms with van der Waals surface area (Å²) in [5.74, 6) is -2.50. The number of benzene rings is 2. The predicted octanol–water partition coefficient (Wildman–Crippen LogP) is 1.72. The molecule has 0 spiro atoms. The van der Waals surface area contributed by atoms with Gasteiger partial charge in [0, 0.05) is 17.1 Å². The van der Waals surface area contributed by atoms with Gasteiger partial charge in [0.2, 0.25) is 5.91 Å². The molecule has 1 saturated heterocycles. The smallest absolute Gasteiger partial charge is 0.352 e. The van der Waals surface area contributed by atoms with Gasteiger partial charge in [-0.3, -0.25) is 19.3 Å². The van der Waals surface area contributed by atoms with Crippen LogP contribution >= 0.6 is 34.9 Å². The van der Waals surface area contributed by atoms with Crippen LogP contribution < -0.4 is 22.1 Å². The summed E-state index contributed by atoms with van der Waals surface area (Å²) in [5.41, 5.74) is 13.0. The number of aryl methyl sites for hydroxylation is 1. The molecule has 5 rings (SSSR count). The average Bonchev–Trinajstić information content (AvgIpc) is 3.39. The van der Waals surface area contributed by atoms with Crippen LogP contribution in [-0.4, -0.2) is 71.9 Å². The van der Waals surface area contributed by atoms with Gasteiger partial charge in [-0.05, 0) is 48.4 Å². The largest absolute Gasteiger partial charge is 0.508 e. The van der Waals surface area contributed by atoms with Gasteiger partial charge >= 0.3 is 5.97 Å². The third-order valence-corrected chi connectivity index (χ3v) is 9.94. The summed E-state index contributed by atoms with van der Waals surface area (Å²) >= 11 is 4.08. The number of carboxylic acid groups (broad SMARTS) is 1. The number of fused-ring (bicyclic) bond motifs is 1. The second-order valence-electron chi connectivity index (χ2n) is 9.37. The Morgan fingerprint density at radius 1 is 1.14 bits per heavy atom. The molecule has 3 aromatic rings. The lowest BCUT2D eigenvalue weighted by molar-refractivity contribution is -0.151. The first-order chi connectivity index (χ1) is 20.0. The first kappa shape index (κ1) is 29.2. The number of nitrogens with zero attached hydrogens (tertiary/aromatic N) is 3. The summed E-state index contributed by atoms with van der Waals surface area (Å²) in [6, 6.07) is 7.71. The van der Waals surface area contributed by atoms with Crippen LogP contribution in [0.5, 0.6) is 5.75 Å². The molecule has 3 heterocycles. The number of phenols is 1. The van der Waals surface area contributed by atoms with Crippen molar-refractivity contribution in [3.63, 3.8) is 0 Å². The van der Waals surface area contributed by atoms with Crippen molar-refractivity contribution in [2.75, 3.05) is 23.0 Å². The van der Waals surface area contributed by atoms with Gasteiger partial charge in [-0.15, -0.1) is 22.0 Å². The Bertz CT molecular complexity index is 1610. The first-order valence-corrected chi connectivity index (χ1v) is 15.3. The van der Waals surface area contributed by atoms with Crippen molar-refractivity contribution in [2.45, 2.75) is 28.7 Å². The lowest BCUT2D eigenvalue weighted by atomic mass is 10.0. The molecular formula is C26H25N7O6S3. The van der Waals surface area contributed by atoms with E-state index in [1.54, 1.807) is 0 Å². The minimum Gasteiger partial charge on any atom is -0.508 e. The third-order valence-electron chi connectivity index (χ3n) is 6.54. The molecule has 2 aromatic carbocycles. The van der Waals surface area contributed by atoms with E-state index >= 15 is 0 Å². The summed E-state index contributed by atoms with van der Waals surface area (Å²) in [5, 5.41) is 33.2. The van der Waals surface area contributed by atoms with Crippen LogP contribution in [0.3, 0.4) is 0 Å². The molecule has 0 saturated carbocycles. The lowest BCUT2D eigenvalue weighted by Crippen LogP contribution is -2.71. The topological polar surface area (TPSA) is 214 Å². The number of amides is 3. The van der Waals surface area contributed by atoms with E-state index in [1.807, 2.05) is 6.92 Å². The number of carboxylic acids is 1. The Balaban J connectivity index is 1.33. The highest BCUT2D eigenvalue weighted by Crippen LogP contribution is 2.42. The van der Waals surface area contributed by atoms with Crippen LogP contribution in [0, 0.1) is 6.92 Å². The maximum absolute atomic E-state index is 13.5. The van der Waals surface area contributed by atoms with Gasteiger partial charge in [-0.2, -0.15) is 0 Å². The Hall–Kier alpha value is -4.28. The van der Waals surface area contributed by atoms with E-state index in [9.17, 15) is 29.4 Å². The number of nitrogens with one attached hydrogen (secondary N) is 2. The number of carbonyl (C=O) groups excluding carboxylic acids is 3. The molecule has 218 valence electrons. The molecule has 16 heteroatoms. The van der Waals surface area contributed by atoms with Gasteiger partial charge < -0.3 is 32.3 Å². The number of aliphatic carboxylic acids is 1. The number of hydrogen-bond donors (Lipinski definition) is 6. The SMILES string of the molecule is Cc1nnc(SCC2=C(C(=O)O)N3C(=O)C(NC(=O)C(NC(=O)c4ccc(N)c(N)c4)c4ccc(O)cc4)[C@@H]3SC2)s1. The molecule has 0 bridgehead atoms. The molecule has 0 aliphatic carbocycles. The number of rotatable bonds is 9. The van der Waals surface area contributed by atoms with Gasteiger partial charge in [0.05, 0.1) is 11.4 Å². The molecule has 42 heavy (non-hydrogen) atoms. The van der Waals surface area contributed by atoms with E-state index in [2.05, 4.69) is 20.8 Å². The van der Waals surface area contributed by atoms with Crippen molar-refractivity contribution in [1.29, 1.82) is 0 Å². The minimum absolute atomic E-state index is 0.0397. The Morgan fingerprint density at radius 2 is 1.88 bits per heavy atom. The molecule has 1 aromatic heterocycles. The summed E-state index contributed by atoms with van der Waals surface area (Å²) in [6.45, 7) is 1.82. The number of carbonyl (C=O) groups is 4. The fraction of sp³-hybridized carbons (Fsp3) is 0.231. The highest BCUT2D eigenvalue weighted by molar-refractivity contribution is 8.01. The number of hydrogen-bond acceptors (Lipinski definition) is 12. The maximum atomic E-state index is 13.5. The fourth-order valence-corrected chi connectivity index (χ4v) is 7.71. The second-order valence-corrected chi connectivity index (χ2v) is 12.9. The van der Waals surface area contributed by atoms with E-state index in [1.165, 1.54) is 82.2 Å². The zero-order valence-electron chi connectivity index (χ0n) is 21.9. The Morgan fingerprint density at radius 3 is 2.52 bits per heavy atom. The normalized spacial score (nSPS) is 18.6. The van der Waals surface area contributed by atoms with Crippen molar-refractivity contribution >= 4 is 69.9 Å². The molecule has 1 fully saturated rings. The molecule has 8 N–H and O–H groups in total. The number of β-lactam (4-membered cyclic amide) rings is 1. The third kappa shape index (κ3) is 5.86. The number of aromatic hydroxyl groups is 1. The van der Waals surface area contributed by atoms with Crippen LogP contribution in [0.15, 0.2) is 58.1 Å². The van der Waals surface area contributed by atoms with E-state index in [4.69, 9.17) is 11.5 Å². The number of anilines is 2. The highest BCUT2D eigenvalue weighted by atomic mass is 32.2. The first-order valence-electron chi connectivity index (χ1n) is 12.4. The number of thioether (sulfide) groups is 2. The minimum atomic E-state index is -1.25. The summed E-state index contributed by atoms with van der Waals surface area (Å²) in [7, 11) is 0. The zero-order valence-corrected chi connectivity index (χ0v) is 24.4. The van der Waals surface area contributed by atoms with Gasteiger partial charge in [-0.25, -0.2) is 4.79 Å². The zero-order chi connectivity index (χ0) is 30.1.